The summed E-state index contributed by atoms with van der Waals surface area (Å²) < 4.78 is 2.01. The Morgan fingerprint density at radius 1 is 1.38 bits per heavy atom. The number of aromatic nitrogens is 4. The van der Waals surface area contributed by atoms with Gasteiger partial charge in [0.1, 0.15) is 0 Å². The van der Waals surface area contributed by atoms with Crippen molar-refractivity contribution in [3.05, 3.63) is 6.33 Å². The van der Waals surface area contributed by atoms with Crippen LogP contribution in [0, 0.1) is 0 Å². The Labute approximate surface area is 160 Å². The number of hydrogen-bond donors (Lipinski definition) is 4. The molecule has 2 aromatic rings. The molecular weight excluding hydrogens is 354 g/mol. The first-order valence-corrected chi connectivity index (χ1v) is 9.27. The summed E-state index contributed by atoms with van der Waals surface area (Å²) in [6, 6.07) is 0.254. The number of imidazole rings is 1. The number of aliphatic hydroxyl groups is 1. The third-order valence-electron chi connectivity index (χ3n) is 4.78. The minimum absolute atomic E-state index is 0. The van der Waals surface area contributed by atoms with E-state index in [9.17, 15) is 5.11 Å². The van der Waals surface area contributed by atoms with E-state index in [-0.39, 0.29) is 18.4 Å². The quantitative estimate of drug-likeness (QED) is 0.580. The third-order valence-corrected chi connectivity index (χ3v) is 4.78. The van der Waals surface area contributed by atoms with Gasteiger partial charge in [0.2, 0.25) is 5.95 Å². The van der Waals surface area contributed by atoms with Gasteiger partial charge in [-0.2, -0.15) is 9.97 Å². The van der Waals surface area contributed by atoms with E-state index < -0.39 is 6.10 Å². The van der Waals surface area contributed by atoms with Gasteiger partial charge in [-0.3, -0.25) is 0 Å². The number of hydrogen-bond acceptors (Lipinski definition) is 7. The molecule has 0 unspecified atom stereocenters. The molecule has 0 aromatic carbocycles. The van der Waals surface area contributed by atoms with Crippen molar-refractivity contribution in [2.24, 2.45) is 0 Å². The Hall–Kier alpha value is -1.64. The molecule has 0 aliphatic carbocycles. The fourth-order valence-electron chi connectivity index (χ4n) is 3.24. The van der Waals surface area contributed by atoms with Gasteiger partial charge in [0, 0.05) is 19.1 Å². The molecule has 1 fully saturated rings. The molecule has 9 heteroatoms. The van der Waals surface area contributed by atoms with Crippen molar-refractivity contribution in [1.29, 1.82) is 0 Å². The van der Waals surface area contributed by atoms with Crippen LogP contribution in [0.4, 0.5) is 11.8 Å². The Morgan fingerprint density at radius 2 is 2.19 bits per heavy atom. The molecular formula is C17H30ClN7O. The first-order chi connectivity index (χ1) is 12.1. The standard InChI is InChI=1S/C17H29N7O.ClH/c1-4-13(11(3)25)21-17-22-15(20-12-7-6-8-18-9-12)14-16(23-17)24(5-2)10-19-14;/h10-13,18,25H,4-9H2,1-3H3,(H2,20,21,22,23);1H/t11-,12+,13+;/m1./s1. The average molecular weight is 384 g/mol. The van der Waals surface area contributed by atoms with Crippen LogP contribution in [0.5, 0.6) is 0 Å². The number of piperidine rings is 1. The maximum Gasteiger partial charge on any atom is 0.227 e. The van der Waals surface area contributed by atoms with E-state index in [4.69, 9.17) is 0 Å². The van der Waals surface area contributed by atoms with Crippen molar-refractivity contribution in [2.45, 2.75) is 64.8 Å². The molecule has 1 aliphatic rings. The van der Waals surface area contributed by atoms with Crippen molar-refractivity contribution in [1.82, 2.24) is 24.8 Å². The summed E-state index contributed by atoms with van der Waals surface area (Å²) in [4.78, 5) is 13.8. The number of nitrogens with one attached hydrogen (secondary N) is 3. The number of aryl methyl sites for hydroxylation is 1. The number of aliphatic hydroxyl groups excluding tert-OH is 1. The van der Waals surface area contributed by atoms with Crippen LogP contribution in [0.15, 0.2) is 6.33 Å². The fourth-order valence-corrected chi connectivity index (χ4v) is 3.24. The van der Waals surface area contributed by atoms with E-state index in [1.807, 2.05) is 11.5 Å². The molecule has 3 atom stereocenters. The second-order valence-electron chi connectivity index (χ2n) is 6.69. The van der Waals surface area contributed by atoms with Crippen molar-refractivity contribution in [2.75, 3.05) is 23.7 Å². The first-order valence-electron chi connectivity index (χ1n) is 9.27. The van der Waals surface area contributed by atoms with Crippen LogP contribution in [-0.4, -0.2) is 55.9 Å². The largest absolute Gasteiger partial charge is 0.391 e. The van der Waals surface area contributed by atoms with E-state index in [1.165, 1.54) is 0 Å². The molecule has 0 amide bonds. The summed E-state index contributed by atoms with van der Waals surface area (Å²) in [5, 5.41) is 20.1. The van der Waals surface area contributed by atoms with Crippen LogP contribution in [0.25, 0.3) is 11.2 Å². The normalized spacial score (nSPS) is 19.6. The lowest BCUT2D eigenvalue weighted by Gasteiger charge is -2.25. The predicted molar refractivity (Wildman–Crippen MR) is 107 cm³/mol. The fraction of sp³-hybridized carbons (Fsp3) is 0.706. The van der Waals surface area contributed by atoms with Crippen LogP contribution in [-0.2, 0) is 6.54 Å². The second-order valence-corrected chi connectivity index (χ2v) is 6.69. The number of rotatable bonds is 7. The van der Waals surface area contributed by atoms with Gasteiger partial charge in [0.15, 0.2) is 17.0 Å². The minimum atomic E-state index is -0.473. The summed E-state index contributed by atoms with van der Waals surface area (Å²) in [6.07, 6.45) is 4.39. The number of halogens is 1. The van der Waals surface area contributed by atoms with Crippen molar-refractivity contribution in [3.63, 3.8) is 0 Å². The molecule has 3 rings (SSSR count). The van der Waals surface area contributed by atoms with Crippen LogP contribution in [0.2, 0.25) is 0 Å². The minimum Gasteiger partial charge on any atom is -0.391 e. The van der Waals surface area contributed by atoms with E-state index in [1.54, 1.807) is 13.3 Å². The SMILES string of the molecule is CC[C@H](Nc1nc(N[C@H]2CCCNC2)c2ncn(CC)c2n1)[C@@H](C)O.Cl. The molecule has 1 aliphatic heterocycles. The number of anilines is 2. The summed E-state index contributed by atoms with van der Waals surface area (Å²) in [5.41, 5.74) is 1.61. The topological polar surface area (TPSA) is 99.9 Å². The van der Waals surface area contributed by atoms with Crippen LogP contribution in [0.1, 0.15) is 40.0 Å². The van der Waals surface area contributed by atoms with E-state index >= 15 is 0 Å². The van der Waals surface area contributed by atoms with Gasteiger partial charge in [0.25, 0.3) is 0 Å². The van der Waals surface area contributed by atoms with E-state index in [0.29, 0.717) is 12.0 Å². The molecule has 0 bridgehead atoms. The van der Waals surface area contributed by atoms with Gasteiger partial charge in [-0.15, -0.1) is 12.4 Å². The average Bonchev–Trinajstić information content (AvgIpc) is 3.03. The van der Waals surface area contributed by atoms with Crippen LogP contribution >= 0.6 is 12.4 Å². The van der Waals surface area contributed by atoms with Gasteiger partial charge >= 0.3 is 0 Å². The maximum absolute atomic E-state index is 9.92. The molecule has 2 aromatic heterocycles. The molecule has 0 saturated carbocycles. The molecule has 3 heterocycles. The monoisotopic (exact) mass is 383 g/mol. The van der Waals surface area contributed by atoms with Gasteiger partial charge < -0.3 is 25.6 Å². The zero-order valence-corrected chi connectivity index (χ0v) is 16.5. The molecule has 26 heavy (non-hydrogen) atoms. The maximum atomic E-state index is 9.92. The third kappa shape index (κ3) is 4.55. The smallest absolute Gasteiger partial charge is 0.227 e. The first kappa shape index (κ1) is 20.7. The summed E-state index contributed by atoms with van der Waals surface area (Å²) in [7, 11) is 0. The zero-order chi connectivity index (χ0) is 17.8. The summed E-state index contributed by atoms with van der Waals surface area (Å²) in [6.45, 7) is 8.67. The van der Waals surface area contributed by atoms with Gasteiger partial charge in [-0.05, 0) is 39.7 Å². The van der Waals surface area contributed by atoms with E-state index in [2.05, 4.69) is 37.8 Å². The lowest BCUT2D eigenvalue weighted by molar-refractivity contribution is 0.169. The Kier molecular flexibility index (Phi) is 7.43. The highest BCUT2D eigenvalue weighted by Gasteiger charge is 2.20. The molecule has 0 spiro atoms. The summed E-state index contributed by atoms with van der Waals surface area (Å²) >= 11 is 0. The Balaban J connectivity index is 0.00000243. The molecule has 1 saturated heterocycles. The molecule has 8 nitrogen and oxygen atoms in total. The van der Waals surface area contributed by atoms with Crippen molar-refractivity contribution >= 4 is 35.3 Å². The highest BCUT2D eigenvalue weighted by molar-refractivity contribution is 5.85. The van der Waals surface area contributed by atoms with Crippen molar-refractivity contribution < 1.29 is 5.11 Å². The van der Waals surface area contributed by atoms with Gasteiger partial charge in [0.05, 0.1) is 18.5 Å². The highest BCUT2D eigenvalue weighted by atomic mass is 35.5. The lowest BCUT2D eigenvalue weighted by atomic mass is 10.1. The zero-order valence-electron chi connectivity index (χ0n) is 15.7. The predicted octanol–water partition coefficient (Wildman–Crippen LogP) is 2.00. The molecule has 0 radical (unpaired) electrons. The molecule has 4 N–H and O–H groups in total. The number of nitrogens with zero attached hydrogens (tertiary/aromatic N) is 4. The van der Waals surface area contributed by atoms with Gasteiger partial charge in [-0.1, -0.05) is 6.92 Å². The van der Waals surface area contributed by atoms with Gasteiger partial charge in [-0.25, -0.2) is 4.98 Å². The summed E-state index contributed by atoms with van der Waals surface area (Å²) in [5.74, 6) is 1.29. The Bertz CT molecular complexity index is 700. The number of fused-ring (bicyclic) bond motifs is 1. The highest BCUT2D eigenvalue weighted by Crippen LogP contribution is 2.23. The van der Waals surface area contributed by atoms with E-state index in [0.717, 1.165) is 55.9 Å². The Morgan fingerprint density at radius 3 is 2.81 bits per heavy atom. The van der Waals surface area contributed by atoms with Crippen LogP contribution < -0.4 is 16.0 Å². The second kappa shape index (κ2) is 9.34. The van der Waals surface area contributed by atoms with Crippen molar-refractivity contribution in [3.8, 4) is 0 Å². The van der Waals surface area contributed by atoms with Crippen LogP contribution in [0.3, 0.4) is 0 Å². The molecule has 146 valence electrons. The lowest BCUT2D eigenvalue weighted by Crippen LogP contribution is -2.38.